The fraction of sp³-hybridized carbons (Fsp3) is 0. The summed E-state index contributed by atoms with van der Waals surface area (Å²) in [5.74, 6) is 3.69. The predicted molar refractivity (Wildman–Crippen MR) is 252 cm³/mol. The molecule has 12 N–H and O–H groups in total. The molecule has 18 nitrogen and oxygen atoms in total. The van der Waals surface area contributed by atoms with Gasteiger partial charge in [0.05, 0.1) is 34.3 Å². The van der Waals surface area contributed by atoms with Gasteiger partial charge in [-0.15, -0.1) is 0 Å². The van der Waals surface area contributed by atoms with Crippen molar-refractivity contribution in [1.82, 2.24) is 29.9 Å². The van der Waals surface area contributed by atoms with E-state index in [0.717, 1.165) is 0 Å². The summed E-state index contributed by atoms with van der Waals surface area (Å²) < 4.78 is 17.0. The van der Waals surface area contributed by atoms with Crippen LogP contribution in [0.1, 0.15) is 0 Å². The number of aromatic hydroxyl groups is 2. The molecule has 5 aromatic carbocycles. The molecular formula is C42H33Cl5N12O6. The summed E-state index contributed by atoms with van der Waals surface area (Å²) in [6, 6.07) is 29.6. The third-order valence-corrected chi connectivity index (χ3v) is 9.34. The molecule has 8 aromatic rings. The molecule has 0 bridgehead atoms. The second-order valence-electron chi connectivity index (χ2n) is 12.7. The first kappa shape index (κ1) is 47.0. The van der Waals surface area contributed by atoms with Gasteiger partial charge in [-0.1, -0.05) is 58.0 Å². The second-order valence-corrected chi connectivity index (χ2v) is 14.8. The van der Waals surface area contributed by atoms with Gasteiger partial charge < -0.3 is 52.3 Å². The van der Waals surface area contributed by atoms with Crippen molar-refractivity contribution in [3.8, 4) is 46.0 Å². The summed E-state index contributed by atoms with van der Waals surface area (Å²) >= 11 is 29.5. The zero-order valence-electron chi connectivity index (χ0n) is 33.0. The molecule has 332 valence electrons. The molecule has 0 fully saturated rings. The molecule has 3 heterocycles. The molecule has 0 radical (unpaired) electrons. The highest BCUT2D eigenvalue weighted by molar-refractivity contribution is 6.33. The SMILES string of the molecule is Nc1ncc(Oc2ccc(Cl)cc2)c(NO)n1.Nc1ncc(Oc2ccc(Cl)cc2)c(Nc2ccc(O)c(Cl)c2)n1.Nc1ncc(Oc2ccc(Cl)cc2)c(Nc2ccc(O)cc2Cl)n1. The van der Waals surface area contributed by atoms with Gasteiger partial charge in [0.1, 0.15) is 28.7 Å². The Balaban J connectivity index is 0.000000164. The minimum atomic E-state index is -0.0120. The number of nitrogen functional groups attached to an aromatic ring is 3. The molecule has 0 aliphatic rings. The number of nitrogens with two attached hydrogens (primary N) is 3. The van der Waals surface area contributed by atoms with Gasteiger partial charge in [-0.25, -0.2) is 20.4 Å². The fourth-order valence-corrected chi connectivity index (χ4v) is 5.76. The van der Waals surface area contributed by atoms with Crippen LogP contribution in [-0.2, 0) is 0 Å². The van der Waals surface area contributed by atoms with E-state index in [0.29, 0.717) is 71.8 Å². The summed E-state index contributed by atoms with van der Waals surface area (Å²) in [4.78, 5) is 23.7. The average molecular weight is 979 g/mol. The molecule has 0 saturated carbocycles. The van der Waals surface area contributed by atoms with Crippen LogP contribution in [0.3, 0.4) is 0 Å². The minimum absolute atomic E-state index is 0.0120. The number of aromatic nitrogens is 6. The molecule has 0 unspecified atom stereocenters. The van der Waals surface area contributed by atoms with E-state index in [1.54, 1.807) is 91.0 Å². The van der Waals surface area contributed by atoms with Crippen molar-refractivity contribution >= 4 is 105 Å². The zero-order chi connectivity index (χ0) is 46.5. The van der Waals surface area contributed by atoms with Crippen LogP contribution in [0.5, 0.6) is 46.0 Å². The lowest BCUT2D eigenvalue weighted by atomic mass is 10.3. The van der Waals surface area contributed by atoms with Gasteiger partial charge in [-0.3, -0.25) is 5.21 Å². The maximum Gasteiger partial charge on any atom is 0.222 e. The Bertz CT molecular complexity index is 2870. The molecular weight excluding hydrogens is 946 g/mol. The average Bonchev–Trinajstić information content (AvgIpc) is 3.28. The summed E-state index contributed by atoms with van der Waals surface area (Å²) in [6.45, 7) is 0. The van der Waals surface area contributed by atoms with Crippen molar-refractivity contribution in [2.45, 2.75) is 0 Å². The Morgan fingerprint density at radius 3 is 1.29 bits per heavy atom. The van der Waals surface area contributed by atoms with Crippen LogP contribution in [0, 0.1) is 0 Å². The van der Waals surface area contributed by atoms with E-state index in [-0.39, 0.29) is 45.9 Å². The second kappa shape index (κ2) is 22.3. The Kier molecular flexibility index (Phi) is 16.1. The first-order valence-corrected chi connectivity index (χ1v) is 20.2. The normalized spacial score (nSPS) is 10.3. The van der Waals surface area contributed by atoms with Gasteiger partial charge in [0, 0.05) is 26.8 Å². The van der Waals surface area contributed by atoms with E-state index < -0.39 is 0 Å². The van der Waals surface area contributed by atoms with E-state index in [4.69, 9.17) is 94.6 Å². The van der Waals surface area contributed by atoms with Crippen molar-refractivity contribution in [2.75, 3.05) is 33.3 Å². The lowest BCUT2D eigenvalue weighted by Crippen LogP contribution is -2.02. The Hall–Kier alpha value is -7.45. The van der Waals surface area contributed by atoms with Gasteiger partial charge in [0.25, 0.3) is 0 Å². The van der Waals surface area contributed by atoms with E-state index in [1.165, 1.54) is 36.8 Å². The Morgan fingerprint density at radius 1 is 0.462 bits per heavy atom. The number of phenolic OH excluding ortho intramolecular Hbond substituents is 2. The molecule has 3 aromatic heterocycles. The van der Waals surface area contributed by atoms with Crippen molar-refractivity contribution in [3.05, 3.63) is 153 Å². The van der Waals surface area contributed by atoms with Crippen LogP contribution in [0.15, 0.2) is 128 Å². The van der Waals surface area contributed by atoms with E-state index in [1.807, 2.05) is 5.48 Å². The number of benzene rings is 5. The number of hydrogen-bond donors (Lipinski definition) is 9. The van der Waals surface area contributed by atoms with Crippen LogP contribution < -0.4 is 47.5 Å². The number of nitrogens with one attached hydrogen (secondary N) is 3. The zero-order valence-corrected chi connectivity index (χ0v) is 36.8. The van der Waals surface area contributed by atoms with Crippen LogP contribution in [0.4, 0.5) is 46.7 Å². The molecule has 0 atom stereocenters. The summed E-state index contributed by atoms with van der Waals surface area (Å²) in [5.41, 5.74) is 19.7. The quantitative estimate of drug-likeness (QED) is 0.0430. The smallest absolute Gasteiger partial charge is 0.222 e. The molecule has 65 heavy (non-hydrogen) atoms. The number of ether oxygens (including phenoxy) is 3. The largest absolute Gasteiger partial charge is 0.508 e. The first-order chi connectivity index (χ1) is 31.2. The van der Waals surface area contributed by atoms with Crippen LogP contribution >= 0.6 is 58.0 Å². The topological polar surface area (TPSA) is 280 Å². The predicted octanol–water partition coefficient (Wildman–Crippen LogP) is 11.5. The van der Waals surface area contributed by atoms with E-state index in [9.17, 15) is 10.2 Å². The van der Waals surface area contributed by atoms with Gasteiger partial charge in [0.15, 0.2) is 34.7 Å². The third-order valence-electron chi connectivity index (χ3n) is 7.97. The number of nitrogens with zero attached hydrogens (tertiary/aromatic N) is 6. The number of rotatable bonds is 11. The number of hydrogen-bond acceptors (Lipinski definition) is 18. The number of phenols is 2. The lowest BCUT2D eigenvalue weighted by Gasteiger charge is -2.13. The molecule has 0 aliphatic carbocycles. The van der Waals surface area contributed by atoms with Gasteiger partial charge in [0.2, 0.25) is 17.8 Å². The molecule has 0 spiro atoms. The van der Waals surface area contributed by atoms with E-state index >= 15 is 0 Å². The molecule has 0 aliphatic heterocycles. The maximum atomic E-state index is 9.48. The van der Waals surface area contributed by atoms with Crippen molar-refractivity contribution in [1.29, 1.82) is 0 Å². The highest BCUT2D eigenvalue weighted by Crippen LogP contribution is 2.36. The molecule has 8 rings (SSSR count). The third kappa shape index (κ3) is 14.0. The van der Waals surface area contributed by atoms with E-state index in [2.05, 4.69) is 40.5 Å². The lowest BCUT2D eigenvalue weighted by molar-refractivity contribution is 0.378. The van der Waals surface area contributed by atoms with Crippen LogP contribution in [-0.4, -0.2) is 45.3 Å². The van der Waals surface area contributed by atoms with Gasteiger partial charge >= 0.3 is 0 Å². The van der Waals surface area contributed by atoms with Crippen LogP contribution in [0.2, 0.25) is 25.1 Å². The minimum Gasteiger partial charge on any atom is -0.508 e. The molecule has 23 heteroatoms. The highest BCUT2D eigenvalue weighted by atomic mass is 35.5. The fourth-order valence-electron chi connectivity index (χ4n) is 4.98. The van der Waals surface area contributed by atoms with Crippen LogP contribution in [0.25, 0.3) is 0 Å². The first-order valence-electron chi connectivity index (χ1n) is 18.3. The van der Waals surface area contributed by atoms with Crippen molar-refractivity contribution in [2.24, 2.45) is 0 Å². The van der Waals surface area contributed by atoms with Crippen molar-refractivity contribution in [3.63, 3.8) is 0 Å². The standard InChI is InChI=1S/2C16H12Cl2N4O2.C10H9ClN4O2/c17-9-1-4-11(5-2-9)24-14-8-20-16(19)22-15(14)21-13-6-3-10(23)7-12(13)18;17-9-1-4-11(5-2-9)24-14-8-20-16(19)22-15(14)21-10-3-6-13(23)12(18)7-10;11-6-1-3-7(4-2-6)17-8-5-13-10(12)14-9(8)15-16/h2*1-8,23H,(H3,19,20,21,22);1-5,16H,(H3,12,13,14,15). The van der Waals surface area contributed by atoms with Gasteiger partial charge in [-0.05, 0) is 103 Å². The molecule has 0 amide bonds. The summed E-state index contributed by atoms with van der Waals surface area (Å²) in [6.07, 6.45) is 4.27. The Morgan fingerprint density at radius 2 is 0.877 bits per heavy atom. The van der Waals surface area contributed by atoms with Crippen molar-refractivity contribution < 1.29 is 29.6 Å². The Labute approximate surface area is 394 Å². The highest BCUT2D eigenvalue weighted by Gasteiger charge is 2.13. The number of anilines is 8. The number of halogens is 5. The van der Waals surface area contributed by atoms with Gasteiger partial charge in [-0.2, -0.15) is 15.0 Å². The summed E-state index contributed by atoms with van der Waals surface area (Å²) in [7, 11) is 0. The molecule has 0 saturated heterocycles. The monoisotopic (exact) mass is 976 g/mol. The summed E-state index contributed by atoms with van der Waals surface area (Å²) in [5, 5.41) is 36.2. The maximum absolute atomic E-state index is 9.48.